The van der Waals surface area contributed by atoms with E-state index in [0.717, 1.165) is 25.3 Å². The minimum absolute atomic E-state index is 0.306. The van der Waals surface area contributed by atoms with Gasteiger partial charge in [0.25, 0.3) is 0 Å². The van der Waals surface area contributed by atoms with Crippen LogP contribution in [-0.4, -0.2) is 35.7 Å². The SMILES string of the molecule is C=C(N[C@H](C)C(C)C)N1CC[C@H](CCO)C1. The lowest BCUT2D eigenvalue weighted by Crippen LogP contribution is -2.37. The summed E-state index contributed by atoms with van der Waals surface area (Å²) in [4.78, 5) is 2.30. The molecule has 3 nitrogen and oxygen atoms in total. The van der Waals surface area contributed by atoms with Gasteiger partial charge < -0.3 is 15.3 Å². The molecule has 1 saturated heterocycles. The summed E-state index contributed by atoms with van der Waals surface area (Å²) in [6, 6.07) is 0.462. The molecule has 1 aliphatic rings. The largest absolute Gasteiger partial charge is 0.396 e. The summed E-state index contributed by atoms with van der Waals surface area (Å²) in [5.74, 6) is 2.30. The Morgan fingerprint density at radius 1 is 1.50 bits per heavy atom. The summed E-state index contributed by atoms with van der Waals surface area (Å²) in [5.41, 5.74) is 0. The molecule has 0 aromatic rings. The quantitative estimate of drug-likeness (QED) is 0.725. The van der Waals surface area contributed by atoms with E-state index in [1.807, 2.05) is 0 Å². The lowest BCUT2D eigenvalue weighted by atomic mass is 10.1. The first-order chi connectivity index (χ1) is 7.54. The number of likely N-dealkylation sites (tertiary alicyclic amines) is 1. The summed E-state index contributed by atoms with van der Waals surface area (Å²) >= 11 is 0. The number of nitrogens with one attached hydrogen (secondary N) is 1. The molecule has 1 heterocycles. The van der Waals surface area contributed by atoms with Crippen molar-refractivity contribution < 1.29 is 5.11 Å². The average Bonchev–Trinajstić information content (AvgIpc) is 2.66. The molecular formula is C13H26N2O. The number of aliphatic hydroxyl groups is 1. The summed E-state index contributed by atoms with van der Waals surface area (Å²) in [7, 11) is 0. The Kier molecular flexibility index (Phi) is 5.13. The molecule has 0 saturated carbocycles. The predicted molar refractivity (Wildman–Crippen MR) is 68.0 cm³/mol. The summed E-state index contributed by atoms with van der Waals surface area (Å²) in [5, 5.41) is 12.4. The molecule has 0 spiro atoms. The number of hydrogen-bond donors (Lipinski definition) is 2. The maximum atomic E-state index is 8.91. The van der Waals surface area contributed by atoms with Crippen LogP contribution >= 0.6 is 0 Å². The molecule has 0 aromatic carbocycles. The van der Waals surface area contributed by atoms with E-state index in [9.17, 15) is 0 Å². The molecule has 0 bridgehead atoms. The average molecular weight is 226 g/mol. The van der Waals surface area contributed by atoms with Gasteiger partial charge in [0.05, 0.1) is 5.82 Å². The lowest BCUT2D eigenvalue weighted by molar-refractivity contribution is 0.254. The highest BCUT2D eigenvalue weighted by molar-refractivity contribution is 4.97. The first kappa shape index (κ1) is 13.4. The molecule has 3 heteroatoms. The van der Waals surface area contributed by atoms with Crippen LogP contribution in [0, 0.1) is 11.8 Å². The first-order valence-electron chi connectivity index (χ1n) is 6.35. The van der Waals surface area contributed by atoms with E-state index < -0.39 is 0 Å². The van der Waals surface area contributed by atoms with Crippen LogP contribution in [0.1, 0.15) is 33.6 Å². The van der Waals surface area contributed by atoms with Crippen LogP contribution in [0.2, 0.25) is 0 Å². The molecule has 0 aromatic heterocycles. The van der Waals surface area contributed by atoms with Gasteiger partial charge in [0.1, 0.15) is 0 Å². The van der Waals surface area contributed by atoms with Crippen LogP contribution in [0.3, 0.4) is 0 Å². The van der Waals surface area contributed by atoms with Crippen LogP contribution in [0.5, 0.6) is 0 Å². The highest BCUT2D eigenvalue weighted by Crippen LogP contribution is 2.21. The molecule has 1 aliphatic heterocycles. The second-order valence-electron chi connectivity index (χ2n) is 5.24. The van der Waals surface area contributed by atoms with Gasteiger partial charge in [-0.15, -0.1) is 0 Å². The van der Waals surface area contributed by atoms with Gasteiger partial charge in [0.2, 0.25) is 0 Å². The normalized spacial score (nSPS) is 22.6. The van der Waals surface area contributed by atoms with Crippen LogP contribution in [0.15, 0.2) is 12.4 Å². The predicted octanol–water partition coefficient (Wildman–Crippen LogP) is 1.80. The maximum absolute atomic E-state index is 8.91. The second-order valence-corrected chi connectivity index (χ2v) is 5.24. The van der Waals surface area contributed by atoms with Gasteiger partial charge in [0, 0.05) is 25.7 Å². The maximum Gasteiger partial charge on any atom is 0.0940 e. The first-order valence-corrected chi connectivity index (χ1v) is 6.35. The Hall–Kier alpha value is -0.700. The molecule has 16 heavy (non-hydrogen) atoms. The Morgan fingerprint density at radius 2 is 2.19 bits per heavy atom. The smallest absolute Gasteiger partial charge is 0.0940 e. The lowest BCUT2D eigenvalue weighted by Gasteiger charge is -2.27. The van der Waals surface area contributed by atoms with Crippen molar-refractivity contribution in [3.05, 3.63) is 12.4 Å². The van der Waals surface area contributed by atoms with E-state index >= 15 is 0 Å². The molecule has 2 N–H and O–H groups in total. The van der Waals surface area contributed by atoms with Crippen molar-refractivity contribution in [1.82, 2.24) is 10.2 Å². The van der Waals surface area contributed by atoms with Crippen molar-refractivity contribution in [2.75, 3.05) is 19.7 Å². The zero-order valence-corrected chi connectivity index (χ0v) is 10.9. The Bertz CT molecular complexity index is 228. The molecule has 1 fully saturated rings. The Morgan fingerprint density at radius 3 is 2.75 bits per heavy atom. The van der Waals surface area contributed by atoms with Gasteiger partial charge in [0.15, 0.2) is 0 Å². The third kappa shape index (κ3) is 3.71. The van der Waals surface area contributed by atoms with E-state index in [1.54, 1.807) is 0 Å². The molecule has 0 radical (unpaired) electrons. The van der Waals surface area contributed by atoms with Gasteiger partial charge in [-0.05, 0) is 31.6 Å². The van der Waals surface area contributed by atoms with E-state index in [0.29, 0.717) is 24.5 Å². The van der Waals surface area contributed by atoms with E-state index in [2.05, 4.69) is 37.6 Å². The third-order valence-electron chi connectivity index (χ3n) is 3.60. The van der Waals surface area contributed by atoms with Crippen LogP contribution in [0.4, 0.5) is 0 Å². The fourth-order valence-electron chi connectivity index (χ4n) is 2.02. The topological polar surface area (TPSA) is 35.5 Å². The molecule has 2 atom stereocenters. The molecule has 94 valence electrons. The standard InChI is InChI=1S/C13H26N2O/c1-10(2)11(3)14-12(4)15-7-5-13(9-15)6-8-16/h10-11,13-14,16H,4-9H2,1-3H3/t11-,13-/m1/s1. The molecule has 0 aliphatic carbocycles. The highest BCUT2D eigenvalue weighted by Gasteiger charge is 2.23. The van der Waals surface area contributed by atoms with E-state index in [1.165, 1.54) is 6.42 Å². The van der Waals surface area contributed by atoms with E-state index in [4.69, 9.17) is 5.11 Å². The molecular weight excluding hydrogens is 200 g/mol. The Balaban J connectivity index is 2.33. The van der Waals surface area contributed by atoms with Gasteiger partial charge in [-0.2, -0.15) is 0 Å². The van der Waals surface area contributed by atoms with Crippen LogP contribution < -0.4 is 5.32 Å². The zero-order valence-electron chi connectivity index (χ0n) is 10.9. The molecule has 0 unspecified atom stereocenters. The number of nitrogens with zero attached hydrogens (tertiary/aromatic N) is 1. The van der Waals surface area contributed by atoms with Crippen molar-refractivity contribution in [2.45, 2.75) is 39.7 Å². The number of rotatable bonds is 6. The van der Waals surface area contributed by atoms with Gasteiger partial charge in [-0.25, -0.2) is 0 Å². The van der Waals surface area contributed by atoms with Gasteiger partial charge in [-0.1, -0.05) is 20.4 Å². The summed E-state index contributed by atoms with van der Waals surface area (Å²) in [6.07, 6.45) is 2.10. The summed E-state index contributed by atoms with van der Waals surface area (Å²) in [6.45, 7) is 13.1. The number of hydrogen-bond acceptors (Lipinski definition) is 3. The van der Waals surface area contributed by atoms with Gasteiger partial charge >= 0.3 is 0 Å². The Labute approximate surface area is 99.5 Å². The number of aliphatic hydroxyl groups excluding tert-OH is 1. The minimum atomic E-state index is 0.306. The fraction of sp³-hybridized carbons (Fsp3) is 0.846. The van der Waals surface area contributed by atoms with Crippen molar-refractivity contribution >= 4 is 0 Å². The van der Waals surface area contributed by atoms with E-state index in [-0.39, 0.29) is 0 Å². The van der Waals surface area contributed by atoms with Crippen LogP contribution in [-0.2, 0) is 0 Å². The van der Waals surface area contributed by atoms with Crippen molar-refractivity contribution in [3.8, 4) is 0 Å². The van der Waals surface area contributed by atoms with Crippen molar-refractivity contribution in [2.24, 2.45) is 11.8 Å². The molecule has 1 rings (SSSR count). The van der Waals surface area contributed by atoms with Crippen molar-refractivity contribution in [3.63, 3.8) is 0 Å². The summed E-state index contributed by atoms with van der Waals surface area (Å²) < 4.78 is 0. The second kappa shape index (κ2) is 6.14. The minimum Gasteiger partial charge on any atom is -0.396 e. The molecule has 0 amide bonds. The van der Waals surface area contributed by atoms with Gasteiger partial charge in [-0.3, -0.25) is 0 Å². The third-order valence-corrected chi connectivity index (χ3v) is 3.60. The monoisotopic (exact) mass is 226 g/mol. The zero-order chi connectivity index (χ0) is 12.1. The fourth-order valence-corrected chi connectivity index (χ4v) is 2.02. The van der Waals surface area contributed by atoms with Crippen molar-refractivity contribution in [1.29, 1.82) is 0 Å². The highest BCUT2D eigenvalue weighted by atomic mass is 16.3. The van der Waals surface area contributed by atoms with Crippen LogP contribution in [0.25, 0.3) is 0 Å².